The van der Waals surface area contributed by atoms with Crippen molar-refractivity contribution in [2.24, 2.45) is 7.05 Å². The van der Waals surface area contributed by atoms with E-state index in [1.165, 1.54) is 12.4 Å². The zero-order valence-electron chi connectivity index (χ0n) is 26.8. The number of carboxylic acids is 1. The maximum Gasteiger partial charge on any atom is 0.416 e. The molecule has 2 aromatic heterocycles. The molecular formula is C32H38F6N6O4. The topological polar surface area (TPSA) is 114 Å². The van der Waals surface area contributed by atoms with Crippen molar-refractivity contribution >= 4 is 18.0 Å². The number of rotatable bonds is 12. The molecule has 16 heteroatoms. The quantitative estimate of drug-likeness (QED) is 0.156. The molecule has 0 radical (unpaired) electrons. The van der Waals surface area contributed by atoms with Crippen LogP contribution in [-0.2, 0) is 35.5 Å². The van der Waals surface area contributed by atoms with Crippen LogP contribution in [0.1, 0.15) is 75.5 Å². The Hall–Kier alpha value is -4.37. The van der Waals surface area contributed by atoms with Crippen LogP contribution >= 0.6 is 0 Å². The third kappa shape index (κ3) is 9.16. The maximum absolute atomic E-state index is 13.8. The second-order valence-electron chi connectivity index (χ2n) is 11.8. The van der Waals surface area contributed by atoms with Gasteiger partial charge in [0.25, 0.3) is 0 Å². The number of aromatic nitrogens is 4. The molecule has 48 heavy (non-hydrogen) atoms. The number of alkyl halides is 6. The molecule has 262 valence electrons. The van der Waals surface area contributed by atoms with Crippen LogP contribution in [0, 0.1) is 0 Å². The van der Waals surface area contributed by atoms with Gasteiger partial charge in [0.15, 0.2) is 0 Å². The highest BCUT2D eigenvalue weighted by Crippen LogP contribution is 2.38. The summed E-state index contributed by atoms with van der Waals surface area (Å²) in [6, 6.07) is 0.302. The second-order valence-corrected chi connectivity index (χ2v) is 11.8. The summed E-state index contributed by atoms with van der Waals surface area (Å²) >= 11 is 0. The zero-order chi connectivity index (χ0) is 35.2. The summed E-state index contributed by atoms with van der Waals surface area (Å²) in [5.41, 5.74) is -1.72. The first-order valence-electron chi connectivity index (χ1n) is 15.6. The number of likely N-dealkylation sites (tertiary alicyclic amines) is 1. The molecule has 3 aromatic rings. The van der Waals surface area contributed by atoms with E-state index in [-0.39, 0.29) is 49.2 Å². The number of piperidine rings is 1. The first-order valence-corrected chi connectivity index (χ1v) is 15.6. The van der Waals surface area contributed by atoms with E-state index < -0.39 is 41.6 Å². The van der Waals surface area contributed by atoms with Crippen molar-refractivity contribution in [2.45, 2.75) is 95.8 Å². The molecule has 1 aromatic carbocycles. The highest BCUT2D eigenvalue weighted by molar-refractivity contribution is 5.69. The first-order chi connectivity index (χ1) is 22.6. The first kappa shape index (κ1) is 36.5. The number of hydrogen-bond donors (Lipinski definition) is 1. The monoisotopic (exact) mass is 684 g/mol. The van der Waals surface area contributed by atoms with Gasteiger partial charge in [-0.1, -0.05) is 13.8 Å². The smallest absolute Gasteiger partial charge is 0.416 e. The molecule has 1 N–H and O–H groups in total. The van der Waals surface area contributed by atoms with E-state index in [0.29, 0.717) is 56.2 Å². The molecule has 1 aliphatic rings. The number of carboxylic acid groups (broad SMARTS) is 1. The van der Waals surface area contributed by atoms with Crippen molar-refractivity contribution < 1.29 is 45.8 Å². The molecule has 1 fully saturated rings. The van der Waals surface area contributed by atoms with Crippen LogP contribution in [-0.4, -0.2) is 66.5 Å². The Bertz CT molecular complexity index is 1500. The number of halogens is 6. The van der Waals surface area contributed by atoms with E-state index in [1.807, 2.05) is 13.8 Å². The lowest BCUT2D eigenvalue weighted by atomic mass is 9.87. The fraction of sp³-hybridized carbons (Fsp3) is 0.531. The van der Waals surface area contributed by atoms with E-state index in [0.717, 1.165) is 5.56 Å². The van der Waals surface area contributed by atoms with Gasteiger partial charge >= 0.3 is 24.4 Å². The van der Waals surface area contributed by atoms with Crippen LogP contribution in [0.4, 0.5) is 37.1 Å². The number of carbonyl (C=O) groups excluding carboxylic acids is 1. The Morgan fingerprint density at radius 3 is 1.98 bits per heavy atom. The second kappa shape index (κ2) is 15.2. The number of amides is 1. The molecule has 4 rings (SSSR count). The predicted octanol–water partition coefficient (Wildman–Crippen LogP) is 7.33. The number of benzene rings is 1. The third-order valence-corrected chi connectivity index (χ3v) is 8.41. The van der Waals surface area contributed by atoms with Crippen LogP contribution in [0.25, 0.3) is 11.1 Å². The van der Waals surface area contributed by atoms with Crippen LogP contribution in [0.3, 0.4) is 0 Å². The fourth-order valence-corrected chi connectivity index (χ4v) is 6.00. The van der Waals surface area contributed by atoms with Crippen LogP contribution < -0.4 is 4.90 Å². The molecule has 2 atom stereocenters. The molecule has 3 heterocycles. The molecule has 0 spiro atoms. The van der Waals surface area contributed by atoms with Crippen molar-refractivity contribution in [1.82, 2.24) is 24.6 Å². The molecule has 0 saturated carbocycles. The van der Waals surface area contributed by atoms with Gasteiger partial charge in [0.1, 0.15) is 0 Å². The Morgan fingerprint density at radius 1 is 0.917 bits per heavy atom. The van der Waals surface area contributed by atoms with Crippen LogP contribution in [0.15, 0.2) is 43.0 Å². The lowest BCUT2D eigenvalue weighted by molar-refractivity contribution is -0.143. The van der Waals surface area contributed by atoms with Crippen molar-refractivity contribution in [3.8, 4) is 11.1 Å². The van der Waals surface area contributed by atoms with E-state index in [4.69, 9.17) is 9.84 Å². The van der Waals surface area contributed by atoms with Crippen molar-refractivity contribution in [3.05, 3.63) is 59.7 Å². The predicted molar refractivity (Wildman–Crippen MR) is 163 cm³/mol. The Labute approximate surface area is 273 Å². The SMILES string of the molecule is CCC1CC(N(Cc2cc(C(F)(F)F)cc(C(F)(F)F)c2)c2ncc(-c3cnn(C)c3)cn2)CC(CC)N1C(=O)OCCCCC(=O)O. The molecule has 0 aliphatic carbocycles. The van der Waals surface area contributed by atoms with E-state index >= 15 is 0 Å². The number of ether oxygens (including phenoxy) is 1. The average molecular weight is 685 g/mol. The summed E-state index contributed by atoms with van der Waals surface area (Å²) in [4.78, 5) is 36.3. The highest BCUT2D eigenvalue weighted by atomic mass is 19.4. The third-order valence-electron chi connectivity index (χ3n) is 8.41. The summed E-state index contributed by atoms with van der Waals surface area (Å²) in [6.45, 7) is 3.43. The number of nitrogens with zero attached hydrogens (tertiary/aromatic N) is 6. The maximum atomic E-state index is 13.8. The van der Waals surface area contributed by atoms with Gasteiger partial charge in [0, 0.05) is 67.9 Å². The largest absolute Gasteiger partial charge is 0.481 e. The minimum atomic E-state index is -5.01. The van der Waals surface area contributed by atoms with Gasteiger partial charge in [-0.15, -0.1) is 0 Å². The van der Waals surface area contributed by atoms with E-state index in [2.05, 4.69) is 15.1 Å². The van der Waals surface area contributed by atoms with Gasteiger partial charge in [-0.25, -0.2) is 14.8 Å². The molecule has 10 nitrogen and oxygen atoms in total. The Morgan fingerprint density at radius 2 is 1.50 bits per heavy atom. The van der Waals surface area contributed by atoms with Gasteiger partial charge < -0.3 is 19.6 Å². The van der Waals surface area contributed by atoms with E-state index in [1.54, 1.807) is 33.9 Å². The number of hydrogen-bond acceptors (Lipinski definition) is 7. The number of aryl methyl sites for hydroxylation is 1. The Balaban J connectivity index is 1.67. The molecule has 1 saturated heterocycles. The van der Waals surface area contributed by atoms with Crippen LogP contribution in [0.2, 0.25) is 0 Å². The molecule has 2 unspecified atom stereocenters. The van der Waals surface area contributed by atoms with Gasteiger partial charge in [0.2, 0.25) is 5.95 Å². The normalized spacial score (nSPS) is 18.5. The van der Waals surface area contributed by atoms with Crippen LogP contribution in [0.5, 0.6) is 0 Å². The van der Waals surface area contributed by atoms with E-state index in [9.17, 15) is 35.9 Å². The average Bonchev–Trinajstić information content (AvgIpc) is 3.47. The van der Waals surface area contributed by atoms with Crippen molar-refractivity contribution in [3.63, 3.8) is 0 Å². The lowest BCUT2D eigenvalue weighted by Crippen LogP contribution is -2.57. The summed E-state index contributed by atoms with van der Waals surface area (Å²) < 4.78 is 89.6. The highest BCUT2D eigenvalue weighted by Gasteiger charge is 2.41. The minimum absolute atomic E-state index is 0.0409. The number of aliphatic carboxylic acids is 1. The standard InChI is InChI=1S/C32H38F6N6O4/c1-4-25-13-27(14-26(5-2)44(25)30(47)48-9-7-6-8-28(45)46)43(29-39-15-21(16-40-29)22-17-41-42(3)19-22)18-20-10-23(31(33,34)35)12-24(11-20)32(36,37)38/h10-12,15-17,19,25-27H,4-9,13-14,18H2,1-3H3,(H,45,46). The summed E-state index contributed by atoms with van der Waals surface area (Å²) in [5.74, 6) is -0.835. The number of anilines is 1. The summed E-state index contributed by atoms with van der Waals surface area (Å²) in [6.07, 6.45) is -1.88. The van der Waals surface area contributed by atoms with Crippen molar-refractivity contribution in [2.75, 3.05) is 11.5 Å². The summed E-state index contributed by atoms with van der Waals surface area (Å²) in [7, 11) is 1.74. The van der Waals surface area contributed by atoms with Gasteiger partial charge in [-0.05, 0) is 62.3 Å². The molecule has 0 bridgehead atoms. The van der Waals surface area contributed by atoms with Gasteiger partial charge in [-0.3, -0.25) is 9.48 Å². The summed E-state index contributed by atoms with van der Waals surface area (Å²) in [5, 5.41) is 13.0. The molecular weight excluding hydrogens is 646 g/mol. The van der Waals surface area contributed by atoms with Crippen molar-refractivity contribution in [1.29, 1.82) is 0 Å². The Kier molecular flexibility index (Phi) is 11.6. The minimum Gasteiger partial charge on any atom is -0.481 e. The number of unbranched alkanes of at least 4 members (excludes halogenated alkanes) is 1. The molecule has 1 aliphatic heterocycles. The van der Waals surface area contributed by atoms with Gasteiger partial charge in [-0.2, -0.15) is 31.4 Å². The number of carbonyl (C=O) groups is 2. The zero-order valence-corrected chi connectivity index (χ0v) is 26.8. The molecule has 1 amide bonds. The lowest BCUT2D eigenvalue weighted by Gasteiger charge is -2.47. The fourth-order valence-electron chi connectivity index (χ4n) is 6.00. The van der Waals surface area contributed by atoms with Gasteiger partial charge in [0.05, 0.1) is 23.9 Å².